The standard InChI is InChI=1S/C22H29N5O3S2/c1-11-17(20-26-18-12(2)23-7-6-16(18)32-20)19(27-21(24-11)31-5)25-14-8-13(10-28)15(9-14)30-22(3,4)29/h6-7,13-15,28-29H,8-10H2,1-5H3,(H,24,25,27)/t13?,14?,15-/m0/s1. The molecule has 0 saturated heterocycles. The Labute approximate surface area is 195 Å². The summed E-state index contributed by atoms with van der Waals surface area (Å²) in [6, 6.07) is 2.02. The fourth-order valence-corrected chi connectivity index (χ4v) is 5.71. The summed E-state index contributed by atoms with van der Waals surface area (Å²) in [5.74, 6) is -0.568. The van der Waals surface area contributed by atoms with Crippen LogP contribution in [0.4, 0.5) is 5.82 Å². The maximum absolute atomic E-state index is 10.1. The van der Waals surface area contributed by atoms with Crippen LogP contribution in [0.5, 0.6) is 0 Å². The van der Waals surface area contributed by atoms with E-state index in [4.69, 9.17) is 14.7 Å². The second-order valence-corrected chi connectivity index (χ2v) is 10.4. The first-order chi connectivity index (χ1) is 15.2. The molecule has 0 bridgehead atoms. The van der Waals surface area contributed by atoms with Crippen molar-refractivity contribution in [3.05, 3.63) is 23.7 Å². The molecular formula is C22H29N5O3S2. The third-order valence-electron chi connectivity index (χ3n) is 5.60. The lowest BCUT2D eigenvalue weighted by molar-refractivity contribution is -0.214. The van der Waals surface area contributed by atoms with Gasteiger partial charge in [0, 0.05) is 24.8 Å². The molecule has 0 spiro atoms. The van der Waals surface area contributed by atoms with Gasteiger partial charge >= 0.3 is 0 Å². The lowest BCUT2D eigenvalue weighted by Crippen LogP contribution is -2.33. The van der Waals surface area contributed by atoms with Crippen molar-refractivity contribution < 1.29 is 14.9 Å². The van der Waals surface area contributed by atoms with Crippen LogP contribution in [0.15, 0.2) is 17.4 Å². The Balaban J connectivity index is 1.69. The molecular weight excluding hydrogens is 446 g/mol. The molecule has 1 aliphatic carbocycles. The quantitative estimate of drug-likeness (QED) is 0.267. The lowest BCUT2D eigenvalue weighted by atomic mass is 10.1. The Morgan fingerprint density at radius 1 is 1.22 bits per heavy atom. The predicted molar refractivity (Wildman–Crippen MR) is 128 cm³/mol. The number of ether oxygens (including phenoxy) is 1. The van der Waals surface area contributed by atoms with Gasteiger partial charge < -0.3 is 20.3 Å². The molecule has 3 aromatic heterocycles. The van der Waals surface area contributed by atoms with Crippen molar-refractivity contribution in [2.75, 3.05) is 18.2 Å². The van der Waals surface area contributed by atoms with E-state index in [2.05, 4.69) is 15.3 Å². The fraction of sp³-hybridized carbons (Fsp3) is 0.545. The summed E-state index contributed by atoms with van der Waals surface area (Å²) in [6.07, 6.45) is 4.90. The summed E-state index contributed by atoms with van der Waals surface area (Å²) >= 11 is 3.09. The summed E-state index contributed by atoms with van der Waals surface area (Å²) in [4.78, 5) is 18.7. The zero-order valence-electron chi connectivity index (χ0n) is 18.9. The average Bonchev–Trinajstić information content (AvgIpc) is 3.30. The molecule has 10 heteroatoms. The molecule has 1 aliphatic rings. The van der Waals surface area contributed by atoms with E-state index in [9.17, 15) is 10.2 Å². The van der Waals surface area contributed by atoms with Crippen molar-refractivity contribution in [2.24, 2.45) is 5.92 Å². The van der Waals surface area contributed by atoms with Crippen LogP contribution in [0, 0.1) is 19.8 Å². The number of aryl methyl sites for hydroxylation is 2. The summed E-state index contributed by atoms with van der Waals surface area (Å²) in [5, 5.41) is 25.1. The molecule has 0 aromatic carbocycles. The molecule has 1 fully saturated rings. The molecule has 3 heterocycles. The molecule has 8 nitrogen and oxygen atoms in total. The first-order valence-electron chi connectivity index (χ1n) is 10.6. The molecule has 32 heavy (non-hydrogen) atoms. The molecule has 0 radical (unpaired) electrons. The Morgan fingerprint density at radius 3 is 2.66 bits per heavy atom. The van der Waals surface area contributed by atoms with Crippen LogP contribution in [-0.2, 0) is 4.74 Å². The lowest BCUT2D eigenvalue weighted by Gasteiger charge is -2.26. The molecule has 4 rings (SSSR count). The highest BCUT2D eigenvalue weighted by Crippen LogP contribution is 2.39. The van der Waals surface area contributed by atoms with Crippen LogP contribution in [0.3, 0.4) is 0 Å². The third-order valence-corrected chi connectivity index (χ3v) is 7.19. The normalized spacial score (nSPS) is 21.4. The van der Waals surface area contributed by atoms with Gasteiger partial charge in [0.05, 0.1) is 27.8 Å². The summed E-state index contributed by atoms with van der Waals surface area (Å²) in [6.45, 7) is 7.17. The van der Waals surface area contributed by atoms with Gasteiger partial charge in [-0.15, -0.1) is 11.3 Å². The molecule has 3 N–H and O–H groups in total. The first kappa shape index (κ1) is 23.3. The first-order valence-corrected chi connectivity index (χ1v) is 12.7. The highest BCUT2D eigenvalue weighted by atomic mass is 32.2. The number of rotatable bonds is 7. The maximum atomic E-state index is 10.1. The SMILES string of the molecule is CSc1nc(C)c(-c2nc3c(C)nccc3s2)c(NC2CC(CO)[C@@H](OC(C)(C)O)C2)n1. The van der Waals surface area contributed by atoms with E-state index in [-0.39, 0.29) is 24.7 Å². The number of aliphatic hydroxyl groups is 2. The van der Waals surface area contributed by atoms with E-state index in [0.717, 1.165) is 44.4 Å². The minimum atomic E-state index is -1.25. The Morgan fingerprint density at radius 2 is 2.00 bits per heavy atom. The van der Waals surface area contributed by atoms with Gasteiger partial charge in [-0.3, -0.25) is 4.98 Å². The maximum Gasteiger partial charge on any atom is 0.189 e. The number of thiazole rings is 1. The molecule has 172 valence electrons. The van der Waals surface area contributed by atoms with Gasteiger partial charge in [0.15, 0.2) is 10.9 Å². The zero-order chi connectivity index (χ0) is 23.0. The number of pyridine rings is 1. The third kappa shape index (κ3) is 4.89. The molecule has 2 unspecified atom stereocenters. The topological polar surface area (TPSA) is 113 Å². The van der Waals surface area contributed by atoms with Gasteiger partial charge in [0.25, 0.3) is 0 Å². The zero-order valence-corrected chi connectivity index (χ0v) is 20.5. The number of fused-ring (bicyclic) bond motifs is 1. The highest BCUT2D eigenvalue weighted by Gasteiger charge is 2.38. The van der Waals surface area contributed by atoms with Crippen LogP contribution in [0.25, 0.3) is 20.8 Å². The number of thioether (sulfide) groups is 1. The Kier molecular flexibility index (Phi) is 6.69. The number of hydrogen-bond donors (Lipinski definition) is 3. The van der Waals surface area contributed by atoms with E-state index in [1.54, 1.807) is 31.4 Å². The number of aliphatic hydroxyl groups excluding tert-OH is 1. The summed E-state index contributed by atoms with van der Waals surface area (Å²) < 4.78 is 6.88. The van der Waals surface area contributed by atoms with Gasteiger partial charge in [0.2, 0.25) is 0 Å². The van der Waals surface area contributed by atoms with Crippen molar-refractivity contribution in [1.29, 1.82) is 0 Å². The Hall–Kier alpha value is -1.85. The summed E-state index contributed by atoms with van der Waals surface area (Å²) in [5.41, 5.74) is 3.53. The van der Waals surface area contributed by atoms with Crippen LogP contribution < -0.4 is 5.32 Å². The highest BCUT2D eigenvalue weighted by molar-refractivity contribution is 7.98. The van der Waals surface area contributed by atoms with E-state index in [1.165, 1.54) is 11.8 Å². The molecule has 3 aromatic rings. The van der Waals surface area contributed by atoms with Crippen LogP contribution in [0.2, 0.25) is 0 Å². The van der Waals surface area contributed by atoms with Crippen molar-refractivity contribution in [3.8, 4) is 10.6 Å². The molecule has 3 atom stereocenters. The van der Waals surface area contributed by atoms with Gasteiger partial charge in [-0.2, -0.15) is 0 Å². The number of nitrogens with one attached hydrogen (secondary N) is 1. The smallest absolute Gasteiger partial charge is 0.189 e. The minimum absolute atomic E-state index is 0.00872. The van der Waals surface area contributed by atoms with Crippen molar-refractivity contribution in [1.82, 2.24) is 19.9 Å². The van der Waals surface area contributed by atoms with Gasteiger partial charge in [-0.05, 0) is 52.9 Å². The van der Waals surface area contributed by atoms with E-state index < -0.39 is 5.79 Å². The van der Waals surface area contributed by atoms with E-state index in [0.29, 0.717) is 11.6 Å². The predicted octanol–water partition coefficient (Wildman–Crippen LogP) is 3.78. The number of anilines is 1. The van der Waals surface area contributed by atoms with E-state index in [1.807, 2.05) is 26.2 Å². The van der Waals surface area contributed by atoms with Crippen LogP contribution in [-0.4, -0.2) is 60.9 Å². The molecule has 0 aliphatic heterocycles. The second kappa shape index (κ2) is 9.18. The molecule has 1 saturated carbocycles. The van der Waals surface area contributed by atoms with Gasteiger partial charge in [-0.1, -0.05) is 11.8 Å². The van der Waals surface area contributed by atoms with Crippen molar-refractivity contribution in [3.63, 3.8) is 0 Å². The number of aromatic nitrogens is 4. The van der Waals surface area contributed by atoms with Crippen molar-refractivity contribution in [2.45, 2.75) is 63.6 Å². The van der Waals surface area contributed by atoms with E-state index >= 15 is 0 Å². The average molecular weight is 476 g/mol. The minimum Gasteiger partial charge on any atom is -0.396 e. The second-order valence-electron chi connectivity index (χ2n) is 8.64. The number of hydrogen-bond acceptors (Lipinski definition) is 10. The Bertz CT molecular complexity index is 1110. The van der Waals surface area contributed by atoms with Gasteiger partial charge in [-0.25, -0.2) is 15.0 Å². The number of nitrogens with zero attached hydrogens (tertiary/aromatic N) is 4. The molecule has 0 amide bonds. The monoisotopic (exact) mass is 475 g/mol. The van der Waals surface area contributed by atoms with Gasteiger partial charge in [0.1, 0.15) is 16.3 Å². The van der Waals surface area contributed by atoms with Crippen LogP contribution in [0.1, 0.15) is 38.1 Å². The largest absolute Gasteiger partial charge is 0.396 e. The van der Waals surface area contributed by atoms with Crippen molar-refractivity contribution >= 4 is 39.1 Å². The van der Waals surface area contributed by atoms with Crippen LogP contribution >= 0.6 is 23.1 Å². The summed E-state index contributed by atoms with van der Waals surface area (Å²) in [7, 11) is 0. The fourth-order valence-electron chi connectivity index (χ4n) is 4.19.